The van der Waals surface area contributed by atoms with Crippen LogP contribution in [-0.4, -0.2) is 11.1 Å². The third-order valence-electron chi connectivity index (χ3n) is 3.41. The van der Waals surface area contributed by atoms with Crippen LogP contribution in [0.3, 0.4) is 0 Å². The lowest BCUT2D eigenvalue weighted by Gasteiger charge is -2.04. The summed E-state index contributed by atoms with van der Waals surface area (Å²) in [5.74, 6) is -0.867. The number of hydrogen-bond acceptors (Lipinski definition) is 3. The summed E-state index contributed by atoms with van der Waals surface area (Å²) < 4.78 is 5.22. The molecule has 0 spiro atoms. The zero-order valence-electron chi connectivity index (χ0n) is 11.0. The summed E-state index contributed by atoms with van der Waals surface area (Å²) in [5.41, 5.74) is 4.94. The molecule has 1 aliphatic carbocycles. The molecule has 4 heteroatoms. The first kappa shape index (κ1) is 12.9. The van der Waals surface area contributed by atoms with Gasteiger partial charge < -0.3 is 9.52 Å². The molecule has 0 unspecified atom stereocenters. The summed E-state index contributed by atoms with van der Waals surface area (Å²) in [6.07, 6.45) is 3.13. The zero-order chi connectivity index (χ0) is 14.8. The van der Waals surface area contributed by atoms with E-state index in [1.807, 2.05) is 18.2 Å². The summed E-state index contributed by atoms with van der Waals surface area (Å²) in [7, 11) is 0. The molecule has 1 heterocycles. The molecule has 0 radical (unpaired) electrons. The quantitative estimate of drug-likeness (QED) is 0.794. The molecule has 21 heavy (non-hydrogen) atoms. The van der Waals surface area contributed by atoms with Crippen LogP contribution >= 0.6 is 0 Å². The maximum Gasteiger partial charge on any atom is 0.307 e. The number of rotatable bonds is 3. The highest BCUT2D eigenvalue weighted by Crippen LogP contribution is 2.39. The van der Waals surface area contributed by atoms with Crippen molar-refractivity contribution in [2.24, 2.45) is 0 Å². The highest BCUT2D eigenvalue weighted by molar-refractivity contribution is 5.90. The fraction of sp³-hybridized carbons (Fsp3) is 0.0588. The van der Waals surface area contributed by atoms with Crippen LogP contribution in [0.25, 0.3) is 22.3 Å². The van der Waals surface area contributed by atoms with E-state index in [4.69, 9.17) is 14.8 Å². The lowest BCUT2D eigenvalue weighted by molar-refractivity contribution is -0.136. The van der Waals surface area contributed by atoms with E-state index in [2.05, 4.69) is 6.07 Å². The molecule has 1 N–H and O–H groups in total. The van der Waals surface area contributed by atoms with E-state index < -0.39 is 5.97 Å². The fourth-order valence-electron chi connectivity index (χ4n) is 2.46. The summed E-state index contributed by atoms with van der Waals surface area (Å²) >= 11 is 0. The van der Waals surface area contributed by atoms with Crippen molar-refractivity contribution in [3.8, 4) is 28.3 Å². The van der Waals surface area contributed by atoms with E-state index in [9.17, 15) is 4.79 Å². The number of carbonyl (C=O) groups is 1. The molecule has 1 aromatic rings. The van der Waals surface area contributed by atoms with Crippen LogP contribution in [0.2, 0.25) is 0 Å². The number of carboxylic acids is 1. The van der Waals surface area contributed by atoms with Gasteiger partial charge in [0.25, 0.3) is 0 Å². The molecular weight excluding hydrogens is 266 g/mol. The lowest BCUT2D eigenvalue weighted by atomic mass is 10.0. The Hall–Kier alpha value is -3.06. The van der Waals surface area contributed by atoms with Gasteiger partial charge in [0.1, 0.15) is 0 Å². The Morgan fingerprint density at radius 1 is 1.14 bits per heavy atom. The Labute approximate surface area is 121 Å². The second-order valence-corrected chi connectivity index (χ2v) is 4.73. The van der Waals surface area contributed by atoms with Gasteiger partial charge in [-0.3, -0.25) is 4.79 Å². The number of fused-ring (bicyclic) bond motifs is 1. The molecule has 3 rings (SSSR count). The van der Waals surface area contributed by atoms with Gasteiger partial charge in [-0.15, -0.1) is 0 Å². The SMILES string of the molecule is N#Cc1ccc(-c2cc(CC(=O)O)c3ccocc2-3)cc1. The van der Waals surface area contributed by atoms with E-state index in [0.29, 0.717) is 5.56 Å². The Kier molecular flexibility index (Phi) is 3.17. The van der Waals surface area contributed by atoms with Gasteiger partial charge in [-0.2, -0.15) is 5.26 Å². The maximum atomic E-state index is 11.0. The molecule has 1 aliphatic heterocycles. The summed E-state index contributed by atoms with van der Waals surface area (Å²) in [5, 5.41) is 17.9. The molecule has 0 atom stereocenters. The van der Waals surface area contributed by atoms with E-state index in [1.165, 1.54) is 6.26 Å². The van der Waals surface area contributed by atoms with Crippen molar-refractivity contribution in [2.45, 2.75) is 6.42 Å². The number of aliphatic carboxylic acids is 1. The van der Waals surface area contributed by atoms with Gasteiger partial charge in [-0.25, -0.2) is 0 Å². The van der Waals surface area contributed by atoms with Crippen LogP contribution < -0.4 is 0 Å². The van der Waals surface area contributed by atoms with Gasteiger partial charge in [0.15, 0.2) is 0 Å². The van der Waals surface area contributed by atoms with Crippen LogP contribution in [0, 0.1) is 11.3 Å². The number of hydrogen-bond donors (Lipinski definition) is 1. The van der Waals surface area contributed by atoms with Crippen LogP contribution in [0.4, 0.5) is 0 Å². The summed E-state index contributed by atoms with van der Waals surface area (Å²) in [6.45, 7) is 0. The number of nitriles is 1. The Balaban J connectivity index is 2.13. The molecular formula is C17H11NO3. The van der Waals surface area contributed by atoms with Gasteiger partial charge >= 0.3 is 5.97 Å². The minimum absolute atomic E-state index is 0.0310. The first-order chi connectivity index (χ1) is 10.2. The standard InChI is InChI=1S/C17H11NO3/c18-9-11-1-3-12(4-2-11)15-7-13(8-17(19)20)14-5-6-21-10-16(14)15/h1-7,10H,8H2,(H,19,20). The van der Waals surface area contributed by atoms with E-state index >= 15 is 0 Å². The van der Waals surface area contributed by atoms with Crippen LogP contribution in [-0.2, 0) is 11.2 Å². The largest absolute Gasteiger partial charge is 0.481 e. The van der Waals surface area contributed by atoms with Gasteiger partial charge in [-0.1, -0.05) is 12.1 Å². The van der Waals surface area contributed by atoms with Crippen molar-refractivity contribution in [3.05, 3.63) is 60.1 Å². The molecule has 0 amide bonds. The van der Waals surface area contributed by atoms with Crippen molar-refractivity contribution < 1.29 is 14.3 Å². The molecule has 0 saturated carbocycles. The predicted octanol–water partition coefficient (Wildman–Crippen LogP) is 3.55. The maximum absolute atomic E-state index is 11.0. The molecule has 0 bridgehead atoms. The van der Waals surface area contributed by atoms with Crippen LogP contribution in [0.15, 0.2) is 53.3 Å². The highest BCUT2D eigenvalue weighted by Gasteiger charge is 2.18. The lowest BCUT2D eigenvalue weighted by Crippen LogP contribution is -1.99. The molecule has 2 aliphatic rings. The monoisotopic (exact) mass is 277 g/mol. The fourth-order valence-corrected chi connectivity index (χ4v) is 2.46. The predicted molar refractivity (Wildman–Crippen MR) is 76.8 cm³/mol. The van der Waals surface area contributed by atoms with Gasteiger partial charge in [-0.05, 0) is 46.5 Å². The van der Waals surface area contributed by atoms with E-state index in [-0.39, 0.29) is 6.42 Å². The Morgan fingerprint density at radius 2 is 1.90 bits per heavy atom. The van der Waals surface area contributed by atoms with Crippen molar-refractivity contribution in [2.75, 3.05) is 0 Å². The van der Waals surface area contributed by atoms with Gasteiger partial charge in [0.2, 0.25) is 0 Å². The van der Waals surface area contributed by atoms with Crippen molar-refractivity contribution in [1.29, 1.82) is 5.26 Å². The van der Waals surface area contributed by atoms with Crippen molar-refractivity contribution in [1.82, 2.24) is 0 Å². The number of nitrogens with zero attached hydrogens (tertiary/aromatic N) is 1. The minimum atomic E-state index is -0.867. The van der Waals surface area contributed by atoms with Gasteiger partial charge in [0, 0.05) is 5.56 Å². The van der Waals surface area contributed by atoms with E-state index in [1.54, 1.807) is 24.5 Å². The van der Waals surface area contributed by atoms with E-state index in [0.717, 1.165) is 27.8 Å². The molecule has 4 nitrogen and oxygen atoms in total. The normalized spacial score (nSPS) is 10.4. The zero-order valence-corrected chi connectivity index (χ0v) is 11.0. The third kappa shape index (κ3) is 2.37. The number of carboxylic acid groups (broad SMARTS) is 1. The smallest absolute Gasteiger partial charge is 0.307 e. The second-order valence-electron chi connectivity index (χ2n) is 4.73. The van der Waals surface area contributed by atoms with Gasteiger partial charge in [0.05, 0.1) is 30.6 Å². The summed E-state index contributed by atoms with van der Waals surface area (Å²) in [6, 6.07) is 12.9. The Bertz CT molecular complexity index is 809. The van der Waals surface area contributed by atoms with Crippen LogP contribution in [0.5, 0.6) is 0 Å². The first-order valence-electron chi connectivity index (χ1n) is 6.39. The summed E-state index contributed by atoms with van der Waals surface area (Å²) in [4.78, 5) is 11.0. The average Bonchev–Trinajstić information content (AvgIpc) is 2.86. The first-order valence-corrected chi connectivity index (χ1v) is 6.39. The molecule has 0 saturated heterocycles. The topological polar surface area (TPSA) is 74.2 Å². The second kappa shape index (κ2) is 5.14. The molecule has 102 valence electrons. The molecule has 0 aromatic heterocycles. The van der Waals surface area contributed by atoms with Crippen molar-refractivity contribution >= 4 is 5.97 Å². The average molecular weight is 277 g/mol. The highest BCUT2D eigenvalue weighted by atomic mass is 16.4. The minimum Gasteiger partial charge on any atom is -0.481 e. The number of benzene rings is 1. The van der Waals surface area contributed by atoms with Crippen molar-refractivity contribution in [3.63, 3.8) is 0 Å². The molecule has 1 aromatic carbocycles. The Morgan fingerprint density at radius 3 is 2.57 bits per heavy atom. The third-order valence-corrected chi connectivity index (χ3v) is 3.41. The molecule has 0 fully saturated rings. The van der Waals surface area contributed by atoms with Crippen LogP contribution in [0.1, 0.15) is 11.1 Å².